The Morgan fingerprint density at radius 1 is 1.32 bits per heavy atom. The zero-order chi connectivity index (χ0) is 17.4. The molecule has 25 heavy (non-hydrogen) atoms. The van der Waals surface area contributed by atoms with Gasteiger partial charge in [0.05, 0.1) is 12.6 Å². The highest BCUT2D eigenvalue weighted by molar-refractivity contribution is 7.07. The molecule has 7 heteroatoms. The lowest BCUT2D eigenvalue weighted by molar-refractivity contribution is 0.0768. The number of nitrogens with zero attached hydrogens (tertiary/aromatic N) is 3. The number of methoxy groups -OCH3 is 1. The van der Waals surface area contributed by atoms with Crippen LogP contribution in [0.5, 0.6) is 5.75 Å². The number of thiazole rings is 1. The second-order valence-electron chi connectivity index (χ2n) is 6.77. The van der Waals surface area contributed by atoms with Gasteiger partial charge in [0.25, 0.3) is 5.91 Å². The molecule has 3 heterocycles. The Kier molecular flexibility index (Phi) is 4.43. The Balaban J connectivity index is 1.35. The molecule has 1 aromatic heterocycles. The van der Waals surface area contributed by atoms with Crippen molar-refractivity contribution >= 4 is 17.2 Å². The number of amides is 1. The molecule has 5 nitrogen and oxygen atoms in total. The van der Waals surface area contributed by atoms with Crippen LogP contribution in [0.3, 0.4) is 0 Å². The van der Waals surface area contributed by atoms with Crippen LogP contribution in [0.4, 0.5) is 4.39 Å². The maximum atomic E-state index is 13.8. The lowest BCUT2D eigenvalue weighted by atomic mass is 10.0. The van der Waals surface area contributed by atoms with Crippen molar-refractivity contribution in [1.82, 2.24) is 14.8 Å². The fourth-order valence-corrected chi connectivity index (χ4v) is 4.46. The van der Waals surface area contributed by atoms with Crippen molar-refractivity contribution in [3.63, 3.8) is 0 Å². The molecule has 0 N–H and O–H groups in total. The lowest BCUT2D eigenvalue weighted by Gasteiger charge is -2.21. The van der Waals surface area contributed by atoms with Gasteiger partial charge in [0.1, 0.15) is 5.69 Å². The molecular formula is C18H20FN3O2S. The molecular weight excluding hydrogens is 341 g/mol. The van der Waals surface area contributed by atoms with Gasteiger partial charge in [0, 0.05) is 38.1 Å². The van der Waals surface area contributed by atoms with Gasteiger partial charge in [-0.3, -0.25) is 9.69 Å². The minimum atomic E-state index is -0.320. The highest BCUT2D eigenvalue weighted by Crippen LogP contribution is 2.33. The summed E-state index contributed by atoms with van der Waals surface area (Å²) in [6.07, 6.45) is 0. The summed E-state index contributed by atoms with van der Waals surface area (Å²) in [7, 11) is 1.47. The summed E-state index contributed by atoms with van der Waals surface area (Å²) in [5.74, 6) is 0.980. The van der Waals surface area contributed by atoms with Crippen molar-refractivity contribution in [2.45, 2.75) is 6.54 Å². The number of hydrogen-bond donors (Lipinski definition) is 0. The van der Waals surface area contributed by atoms with Gasteiger partial charge >= 0.3 is 0 Å². The topological polar surface area (TPSA) is 45.7 Å². The van der Waals surface area contributed by atoms with Gasteiger partial charge in [0.15, 0.2) is 11.6 Å². The summed E-state index contributed by atoms with van der Waals surface area (Å²) in [6.45, 7) is 4.19. The van der Waals surface area contributed by atoms with Crippen LogP contribution in [0.1, 0.15) is 16.1 Å². The minimum absolute atomic E-state index is 0.0411. The maximum Gasteiger partial charge on any atom is 0.273 e. The SMILES string of the molecule is COc1ccc(CN2C[C@@H]3CN(C(=O)c4cscn4)C[C@@H]3C2)cc1F. The monoisotopic (exact) mass is 361 g/mol. The molecule has 1 aromatic carbocycles. The van der Waals surface area contributed by atoms with E-state index in [0.717, 1.165) is 38.3 Å². The van der Waals surface area contributed by atoms with E-state index in [1.165, 1.54) is 18.4 Å². The van der Waals surface area contributed by atoms with Crippen molar-refractivity contribution in [1.29, 1.82) is 0 Å². The van der Waals surface area contributed by atoms with E-state index in [2.05, 4.69) is 9.88 Å². The average molecular weight is 361 g/mol. The third kappa shape index (κ3) is 3.26. The molecule has 1 amide bonds. The predicted octanol–water partition coefficient (Wildman–Crippen LogP) is 2.49. The summed E-state index contributed by atoms with van der Waals surface area (Å²) >= 11 is 1.45. The Morgan fingerprint density at radius 3 is 2.68 bits per heavy atom. The third-order valence-corrected chi connectivity index (χ3v) is 5.71. The van der Waals surface area contributed by atoms with Gasteiger partial charge in [-0.05, 0) is 29.5 Å². The standard InChI is InChI=1S/C18H20FN3O2S/c1-24-17-3-2-12(4-15(17)19)5-21-6-13-8-22(9-14(13)7-21)18(23)16-10-25-11-20-16/h2-4,10-11,13-14H,5-9H2,1H3/t13-,14+. The smallest absolute Gasteiger partial charge is 0.273 e. The van der Waals surface area contributed by atoms with Crippen LogP contribution in [0.2, 0.25) is 0 Å². The number of hydrogen-bond acceptors (Lipinski definition) is 5. The normalized spacial score (nSPS) is 23.0. The molecule has 132 valence electrons. The van der Waals surface area contributed by atoms with Crippen LogP contribution in [-0.2, 0) is 6.54 Å². The number of carbonyl (C=O) groups is 1. The maximum absolute atomic E-state index is 13.8. The second kappa shape index (κ2) is 6.72. The first-order valence-electron chi connectivity index (χ1n) is 8.36. The van der Waals surface area contributed by atoms with Gasteiger partial charge in [0.2, 0.25) is 0 Å². The summed E-state index contributed by atoms with van der Waals surface area (Å²) < 4.78 is 18.8. The first kappa shape index (κ1) is 16.5. The van der Waals surface area contributed by atoms with Gasteiger partial charge in [-0.2, -0.15) is 0 Å². The summed E-state index contributed by atoms with van der Waals surface area (Å²) in [4.78, 5) is 20.8. The number of fused-ring (bicyclic) bond motifs is 1. The molecule has 0 radical (unpaired) electrons. The molecule has 0 bridgehead atoms. The van der Waals surface area contributed by atoms with Crippen molar-refractivity contribution in [3.8, 4) is 5.75 Å². The molecule has 2 saturated heterocycles. The number of aromatic nitrogens is 1. The molecule has 0 unspecified atom stereocenters. The van der Waals surface area contributed by atoms with Crippen LogP contribution >= 0.6 is 11.3 Å². The molecule has 0 spiro atoms. The Bertz CT molecular complexity index is 754. The van der Waals surface area contributed by atoms with Crippen molar-refractivity contribution in [2.24, 2.45) is 11.8 Å². The van der Waals surface area contributed by atoms with Gasteiger partial charge in [-0.25, -0.2) is 9.37 Å². The van der Waals surface area contributed by atoms with Crippen LogP contribution in [0.25, 0.3) is 0 Å². The third-order valence-electron chi connectivity index (χ3n) is 5.12. The molecule has 0 aliphatic carbocycles. The van der Waals surface area contributed by atoms with E-state index in [4.69, 9.17) is 4.74 Å². The Labute approximate surface area is 150 Å². The zero-order valence-electron chi connectivity index (χ0n) is 14.0. The number of halogens is 1. The number of ether oxygens (including phenoxy) is 1. The summed E-state index contributed by atoms with van der Waals surface area (Å²) in [5, 5.41) is 1.81. The first-order chi connectivity index (χ1) is 12.1. The van der Waals surface area contributed by atoms with Crippen molar-refractivity contribution in [3.05, 3.63) is 46.2 Å². The molecule has 2 atom stereocenters. The van der Waals surface area contributed by atoms with Gasteiger partial charge in [-0.15, -0.1) is 11.3 Å². The van der Waals surface area contributed by atoms with Gasteiger partial charge in [-0.1, -0.05) is 6.07 Å². The summed E-state index contributed by atoms with van der Waals surface area (Å²) in [6, 6.07) is 5.13. The largest absolute Gasteiger partial charge is 0.494 e. The first-order valence-corrected chi connectivity index (χ1v) is 9.30. The lowest BCUT2D eigenvalue weighted by Crippen LogP contribution is -2.33. The van der Waals surface area contributed by atoms with Crippen molar-refractivity contribution < 1.29 is 13.9 Å². The van der Waals surface area contributed by atoms with E-state index in [1.54, 1.807) is 23.0 Å². The summed E-state index contributed by atoms with van der Waals surface area (Å²) in [5.41, 5.74) is 3.20. The quantitative estimate of drug-likeness (QED) is 0.839. The van der Waals surface area contributed by atoms with E-state index in [9.17, 15) is 9.18 Å². The Hall–Kier alpha value is -1.99. The number of likely N-dealkylation sites (tertiary alicyclic amines) is 2. The van der Waals surface area contributed by atoms with Crippen molar-refractivity contribution in [2.75, 3.05) is 33.3 Å². The van der Waals surface area contributed by atoms with E-state index >= 15 is 0 Å². The number of rotatable bonds is 4. The van der Waals surface area contributed by atoms with E-state index in [0.29, 0.717) is 17.5 Å². The minimum Gasteiger partial charge on any atom is -0.494 e. The van der Waals surface area contributed by atoms with E-state index in [1.807, 2.05) is 11.0 Å². The average Bonchev–Trinajstić information content (AvgIpc) is 3.30. The van der Waals surface area contributed by atoms with Crippen LogP contribution in [-0.4, -0.2) is 54.0 Å². The van der Waals surface area contributed by atoms with E-state index in [-0.39, 0.29) is 17.5 Å². The molecule has 2 fully saturated rings. The molecule has 2 aromatic rings. The number of benzene rings is 1. The fourth-order valence-electron chi connectivity index (χ4n) is 3.93. The van der Waals surface area contributed by atoms with Crippen LogP contribution in [0, 0.1) is 17.7 Å². The zero-order valence-corrected chi connectivity index (χ0v) is 14.8. The fraction of sp³-hybridized carbons (Fsp3) is 0.444. The molecule has 0 saturated carbocycles. The molecule has 2 aliphatic rings. The van der Waals surface area contributed by atoms with Crippen LogP contribution in [0.15, 0.2) is 29.1 Å². The molecule has 2 aliphatic heterocycles. The van der Waals surface area contributed by atoms with E-state index < -0.39 is 0 Å². The number of carbonyl (C=O) groups excluding carboxylic acids is 1. The highest BCUT2D eigenvalue weighted by atomic mass is 32.1. The second-order valence-corrected chi connectivity index (χ2v) is 7.49. The molecule has 4 rings (SSSR count). The van der Waals surface area contributed by atoms with Crippen LogP contribution < -0.4 is 4.74 Å². The van der Waals surface area contributed by atoms with Gasteiger partial charge < -0.3 is 9.64 Å². The Morgan fingerprint density at radius 2 is 2.08 bits per heavy atom. The highest BCUT2D eigenvalue weighted by Gasteiger charge is 2.41. The predicted molar refractivity (Wildman–Crippen MR) is 93.2 cm³/mol.